The lowest BCUT2D eigenvalue weighted by atomic mass is 10.3. The molecule has 1 unspecified atom stereocenters. The number of hydrogen-bond donors (Lipinski definition) is 1. The summed E-state index contributed by atoms with van der Waals surface area (Å²) in [6.45, 7) is 0.589. The Balaban J connectivity index is 2.18. The molecule has 0 saturated heterocycles. The van der Waals surface area contributed by atoms with Crippen LogP contribution in [0, 0.1) is 0 Å². The van der Waals surface area contributed by atoms with Crippen LogP contribution < -0.4 is 5.73 Å². The van der Waals surface area contributed by atoms with Gasteiger partial charge in [0.15, 0.2) is 6.10 Å². The molecular formula is C7H10N4O. The summed E-state index contributed by atoms with van der Waals surface area (Å²) in [7, 11) is 1.92. The topological polar surface area (TPSA) is 65.4 Å². The van der Waals surface area contributed by atoms with Gasteiger partial charge >= 0.3 is 0 Å². The van der Waals surface area contributed by atoms with Crippen LogP contribution in [0.5, 0.6) is 0 Å². The summed E-state index contributed by atoms with van der Waals surface area (Å²) in [5.41, 5.74) is 6.38. The molecule has 0 saturated carbocycles. The lowest BCUT2D eigenvalue weighted by Gasteiger charge is -2.09. The molecule has 5 heteroatoms. The van der Waals surface area contributed by atoms with Crippen LogP contribution in [0.2, 0.25) is 0 Å². The molecule has 0 fully saturated rings. The maximum absolute atomic E-state index is 5.38. The Hall–Kier alpha value is -1.52. The van der Waals surface area contributed by atoms with E-state index in [1.54, 1.807) is 12.5 Å². The Morgan fingerprint density at radius 2 is 2.58 bits per heavy atom. The van der Waals surface area contributed by atoms with Crippen LogP contribution in [-0.4, -0.2) is 22.1 Å². The van der Waals surface area contributed by atoms with Gasteiger partial charge in [-0.15, -0.1) is 0 Å². The van der Waals surface area contributed by atoms with Gasteiger partial charge in [0.05, 0.1) is 24.8 Å². The number of amidine groups is 1. The molecule has 2 N–H and O–H groups in total. The van der Waals surface area contributed by atoms with Gasteiger partial charge in [-0.3, -0.25) is 0 Å². The number of imidazole rings is 1. The van der Waals surface area contributed by atoms with Crippen molar-refractivity contribution in [3.63, 3.8) is 0 Å². The van der Waals surface area contributed by atoms with Crippen molar-refractivity contribution in [2.45, 2.75) is 6.10 Å². The van der Waals surface area contributed by atoms with Gasteiger partial charge in [0, 0.05) is 7.05 Å². The van der Waals surface area contributed by atoms with E-state index in [1.807, 2.05) is 11.6 Å². The van der Waals surface area contributed by atoms with Gasteiger partial charge in [-0.25, -0.2) is 9.98 Å². The first-order valence-corrected chi connectivity index (χ1v) is 3.70. The third kappa shape index (κ3) is 1.03. The molecule has 1 atom stereocenters. The van der Waals surface area contributed by atoms with E-state index in [2.05, 4.69) is 9.98 Å². The number of rotatable bonds is 1. The average molecular weight is 166 g/mol. The van der Waals surface area contributed by atoms with Crippen LogP contribution >= 0.6 is 0 Å². The summed E-state index contributed by atoms with van der Waals surface area (Å²) in [5, 5.41) is 0. The highest BCUT2D eigenvalue weighted by Gasteiger charge is 2.21. The van der Waals surface area contributed by atoms with E-state index in [0.29, 0.717) is 6.54 Å². The largest absolute Gasteiger partial charge is 0.454 e. The Kier molecular flexibility index (Phi) is 1.49. The van der Waals surface area contributed by atoms with E-state index in [-0.39, 0.29) is 12.1 Å². The van der Waals surface area contributed by atoms with E-state index < -0.39 is 0 Å². The lowest BCUT2D eigenvalue weighted by molar-refractivity contribution is 0.217. The first kappa shape index (κ1) is 7.15. The molecule has 1 aliphatic rings. The molecule has 0 radical (unpaired) electrons. The summed E-state index contributed by atoms with van der Waals surface area (Å²) in [4.78, 5) is 7.93. The van der Waals surface area contributed by atoms with Crippen LogP contribution in [-0.2, 0) is 11.8 Å². The zero-order chi connectivity index (χ0) is 8.55. The molecule has 0 spiro atoms. The van der Waals surface area contributed by atoms with Crippen molar-refractivity contribution < 1.29 is 4.74 Å². The minimum atomic E-state index is -0.0579. The van der Waals surface area contributed by atoms with Crippen LogP contribution in [0.1, 0.15) is 11.8 Å². The lowest BCUT2D eigenvalue weighted by Crippen LogP contribution is -2.14. The Morgan fingerprint density at radius 1 is 1.75 bits per heavy atom. The van der Waals surface area contributed by atoms with Crippen molar-refractivity contribution in [2.24, 2.45) is 17.8 Å². The number of ether oxygens (including phenoxy) is 1. The van der Waals surface area contributed by atoms with Gasteiger partial charge in [-0.05, 0) is 0 Å². The third-order valence-corrected chi connectivity index (χ3v) is 1.86. The fourth-order valence-corrected chi connectivity index (χ4v) is 1.22. The SMILES string of the molecule is Cn1cncc1C1CN=C(N)O1. The highest BCUT2D eigenvalue weighted by molar-refractivity contribution is 5.73. The second-order valence-electron chi connectivity index (χ2n) is 2.71. The third-order valence-electron chi connectivity index (χ3n) is 1.86. The van der Waals surface area contributed by atoms with Crippen LogP contribution in [0.4, 0.5) is 0 Å². The number of nitrogens with two attached hydrogens (primary N) is 1. The predicted octanol–water partition coefficient (Wildman–Crippen LogP) is -0.194. The molecule has 0 aromatic carbocycles. The first-order chi connectivity index (χ1) is 5.77. The molecule has 1 aliphatic heterocycles. The van der Waals surface area contributed by atoms with Crippen molar-refractivity contribution in [1.82, 2.24) is 9.55 Å². The van der Waals surface area contributed by atoms with Gasteiger partial charge in [0.25, 0.3) is 6.02 Å². The van der Waals surface area contributed by atoms with Crippen molar-refractivity contribution in [3.05, 3.63) is 18.2 Å². The predicted molar refractivity (Wildman–Crippen MR) is 43.5 cm³/mol. The molecular weight excluding hydrogens is 156 g/mol. The van der Waals surface area contributed by atoms with E-state index in [9.17, 15) is 0 Å². The van der Waals surface area contributed by atoms with Gasteiger partial charge < -0.3 is 15.0 Å². The van der Waals surface area contributed by atoms with E-state index >= 15 is 0 Å². The first-order valence-electron chi connectivity index (χ1n) is 3.70. The van der Waals surface area contributed by atoms with Gasteiger partial charge in [-0.2, -0.15) is 0 Å². The highest BCUT2D eigenvalue weighted by Crippen LogP contribution is 2.20. The second-order valence-corrected chi connectivity index (χ2v) is 2.71. The van der Waals surface area contributed by atoms with Crippen LogP contribution in [0.15, 0.2) is 17.5 Å². The van der Waals surface area contributed by atoms with Gasteiger partial charge in [0.1, 0.15) is 0 Å². The van der Waals surface area contributed by atoms with Crippen molar-refractivity contribution in [3.8, 4) is 0 Å². The molecule has 2 heterocycles. The molecule has 0 aliphatic carbocycles. The quantitative estimate of drug-likeness (QED) is 0.628. The number of aryl methyl sites for hydroxylation is 1. The van der Waals surface area contributed by atoms with Gasteiger partial charge in [-0.1, -0.05) is 0 Å². The summed E-state index contributed by atoms with van der Waals surface area (Å²) >= 11 is 0. The Morgan fingerprint density at radius 3 is 3.08 bits per heavy atom. The normalized spacial score (nSPS) is 22.1. The number of nitrogens with zero attached hydrogens (tertiary/aromatic N) is 3. The molecule has 64 valence electrons. The van der Waals surface area contributed by atoms with Crippen LogP contribution in [0.3, 0.4) is 0 Å². The molecule has 1 aromatic heterocycles. The highest BCUT2D eigenvalue weighted by atomic mass is 16.5. The number of hydrogen-bond acceptors (Lipinski definition) is 4. The Labute approximate surface area is 69.9 Å². The molecule has 2 rings (SSSR count). The van der Waals surface area contributed by atoms with E-state index in [1.165, 1.54) is 0 Å². The summed E-state index contributed by atoms with van der Waals surface area (Å²) in [6.07, 6.45) is 3.43. The molecule has 12 heavy (non-hydrogen) atoms. The summed E-state index contributed by atoms with van der Waals surface area (Å²) < 4.78 is 7.16. The zero-order valence-corrected chi connectivity index (χ0v) is 6.77. The van der Waals surface area contributed by atoms with E-state index in [4.69, 9.17) is 10.5 Å². The smallest absolute Gasteiger partial charge is 0.282 e. The summed E-state index contributed by atoms with van der Waals surface area (Å²) in [5.74, 6) is 0. The summed E-state index contributed by atoms with van der Waals surface area (Å²) in [6, 6.07) is 0.265. The zero-order valence-electron chi connectivity index (χ0n) is 6.77. The number of aliphatic imine (C=N–C) groups is 1. The molecule has 1 aromatic rings. The minimum absolute atomic E-state index is 0.0579. The number of aromatic nitrogens is 2. The Bertz CT molecular complexity index is 317. The maximum atomic E-state index is 5.38. The monoisotopic (exact) mass is 166 g/mol. The fraction of sp³-hybridized carbons (Fsp3) is 0.429. The minimum Gasteiger partial charge on any atom is -0.454 e. The van der Waals surface area contributed by atoms with Gasteiger partial charge in [0.2, 0.25) is 0 Å². The van der Waals surface area contributed by atoms with Crippen LogP contribution in [0.25, 0.3) is 0 Å². The van der Waals surface area contributed by atoms with Crippen molar-refractivity contribution in [1.29, 1.82) is 0 Å². The molecule has 5 nitrogen and oxygen atoms in total. The van der Waals surface area contributed by atoms with E-state index in [0.717, 1.165) is 5.69 Å². The maximum Gasteiger partial charge on any atom is 0.282 e. The molecule has 0 amide bonds. The van der Waals surface area contributed by atoms with Crippen molar-refractivity contribution in [2.75, 3.05) is 6.54 Å². The second kappa shape index (κ2) is 2.51. The van der Waals surface area contributed by atoms with Crippen molar-refractivity contribution >= 4 is 6.02 Å². The standard InChI is InChI=1S/C7H10N4O/c1-11-4-9-2-5(11)6-3-10-7(8)12-6/h2,4,6H,3H2,1H3,(H2,8,10). The fourth-order valence-electron chi connectivity index (χ4n) is 1.22. The average Bonchev–Trinajstić information content (AvgIpc) is 2.58. The molecule has 0 bridgehead atoms.